The second-order valence-corrected chi connectivity index (χ2v) is 7.20. The van der Waals surface area contributed by atoms with Crippen molar-refractivity contribution in [2.45, 2.75) is 51.9 Å². The molecule has 2 aromatic rings. The molecule has 0 radical (unpaired) electrons. The molecule has 0 spiro atoms. The van der Waals surface area contributed by atoms with Crippen LogP contribution >= 0.6 is 0 Å². The number of ether oxygens (including phenoxy) is 1. The standard InChI is InChI=1S/C24H28O/c1-3-18-25-24-16-10-21(11-17-24)7-6-20-8-14-23(15-9-20)22-12-4-19(2)5-13-22/h8-11,14-17,19,22H,3-5,12-13,18H2,1-2H3/t19-,22-. The molecule has 1 aliphatic rings. The van der Waals surface area contributed by atoms with Crippen molar-refractivity contribution in [1.29, 1.82) is 0 Å². The van der Waals surface area contributed by atoms with E-state index < -0.39 is 0 Å². The number of benzene rings is 2. The summed E-state index contributed by atoms with van der Waals surface area (Å²) in [5.41, 5.74) is 3.59. The molecule has 0 saturated heterocycles. The van der Waals surface area contributed by atoms with E-state index in [1.165, 1.54) is 31.2 Å². The molecule has 0 bridgehead atoms. The molecular weight excluding hydrogens is 304 g/mol. The minimum Gasteiger partial charge on any atom is -0.494 e. The minimum atomic E-state index is 0.744. The first-order valence-electron chi connectivity index (χ1n) is 9.59. The van der Waals surface area contributed by atoms with E-state index in [0.29, 0.717) is 0 Å². The van der Waals surface area contributed by atoms with E-state index in [2.05, 4.69) is 50.0 Å². The lowest BCUT2D eigenvalue weighted by Crippen LogP contribution is -2.10. The van der Waals surface area contributed by atoms with Crippen LogP contribution in [0.2, 0.25) is 0 Å². The van der Waals surface area contributed by atoms with Crippen molar-refractivity contribution in [3.05, 3.63) is 65.2 Å². The maximum Gasteiger partial charge on any atom is 0.119 e. The highest BCUT2D eigenvalue weighted by Gasteiger charge is 2.19. The van der Waals surface area contributed by atoms with Gasteiger partial charge in [-0.3, -0.25) is 0 Å². The van der Waals surface area contributed by atoms with E-state index in [1.54, 1.807) is 0 Å². The highest BCUT2D eigenvalue weighted by atomic mass is 16.5. The Morgan fingerprint density at radius 1 is 0.840 bits per heavy atom. The van der Waals surface area contributed by atoms with Gasteiger partial charge in [0.2, 0.25) is 0 Å². The number of hydrogen-bond donors (Lipinski definition) is 0. The summed E-state index contributed by atoms with van der Waals surface area (Å²) in [4.78, 5) is 0. The van der Waals surface area contributed by atoms with E-state index >= 15 is 0 Å². The molecule has 1 aliphatic carbocycles. The van der Waals surface area contributed by atoms with E-state index in [4.69, 9.17) is 4.74 Å². The van der Waals surface area contributed by atoms with Crippen LogP contribution in [0.15, 0.2) is 48.5 Å². The molecule has 0 N–H and O–H groups in total. The maximum absolute atomic E-state index is 5.60. The molecule has 0 heterocycles. The first-order chi connectivity index (χ1) is 12.2. The monoisotopic (exact) mass is 332 g/mol. The number of rotatable bonds is 4. The molecule has 3 rings (SSSR count). The van der Waals surface area contributed by atoms with Crippen LogP contribution < -0.4 is 4.74 Å². The van der Waals surface area contributed by atoms with Crippen molar-refractivity contribution in [2.75, 3.05) is 6.61 Å². The summed E-state index contributed by atoms with van der Waals surface area (Å²) in [7, 11) is 0. The Kier molecular flexibility index (Phi) is 6.18. The fourth-order valence-electron chi connectivity index (χ4n) is 3.43. The molecule has 0 amide bonds. The first-order valence-corrected chi connectivity index (χ1v) is 9.59. The summed E-state index contributed by atoms with van der Waals surface area (Å²) >= 11 is 0. The molecule has 130 valence electrons. The lowest BCUT2D eigenvalue weighted by atomic mass is 9.79. The lowest BCUT2D eigenvalue weighted by molar-refractivity contribution is 0.317. The molecule has 0 atom stereocenters. The average Bonchev–Trinajstić information content (AvgIpc) is 2.67. The van der Waals surface area contributed by atoms with Crippen LogP contribution in [0.4, 0.5) is 0 Å². The predicted molar refractivity (Wildman–Crippen MR) is 105 cm³/mol. The Morgan fingerprint density at radius 2 is 1.40 bits per heavy atom. The normalized spacial score (nSPS) is 19.8. The summed E-state index contributed by atoms with van der Waals surface area (Å²) in [5.74, 6) is 9.08. The molecule has 1 saturated carbocycles. The Labute approximate surface area is 152 Å². The van der Waals surface area contributed by atoms with Gasteiger partial charge in [0.05, 0.1) is 6.61 Å². The molecule has 1 nitrogen and oxygen atoms in total. The first kappa shape index (κ1) is 17.6. The Balaban J connectivity index is 1.61. The van der Waals surface area contributed by atoms with Crippen molar-refractivity contribution in [2.24, 2.45) is 5.92 Å². The Hall–Kier alpha value is -2.20. The summed E-state index contributed by atoms with van der Waals surface area (Å²) in [6.45, 7) is 5.24. The van der Waals surface area contributed by atoms with Crippen LogP contribution in [0.1, 0.15) is 68.6 Å². The van der Waals surface area contributed by atoms with Gasteiger partial charge >= 0.3 is 0 Å². The second-order valence-electron chi connectivity index (χ2n) is 7.20. The van der Waals surface area contributed by atoms with Crippen molar-refractivity contribution in [3.8, 4) is 17.6 Å². The van der Waals surface area contributed by atoms with Crippen LogP contribution in [-0.2, 0) is 0 Å². The van der Waals surface area contributed by atoms with E-state index in [9.17, 15) is 0 Å². The summed E-state index contributed by atoms with van der Waals surface area (Å²) in [6.07, 6.45) is 6.42. The zero-order valence-corrected chi connectivity index (χ0v) is 15.4. The summed E-state index contributed by atoms with van der Waals surface area (Å²) in [5, 5.41) is 0. The van der Waals surface area contributed by atoms with Gasteiger partial charge < -0.3 is 4.74 Å². The average molecular weight is 332 g/mol. The quantitative estimate of drug-likeness (QED) is 0.608. The smallest absolute Gasteiger partial charge is 0.119 e. The van der Waals surface area contributed by atoms with Crippen molar-refractivity contribution >= 4 is 0 Å². The van der Waals surface area contributed by atoms with Crippen molar-refractivity contribution < 1.29 is 4.74 Å². The van der Waals surface area contributed by atoms with Crippen LogP contribution in [0, 0.1) is 17.8 Å². The van der Waals surface area contributed by atoms with E-state index in [-0.39, 0.29) is 0 Å². The fraction of sp³-hybridized carbons (Fsp3) is 0.417. The lowest BCUT2D eigenvalue weighted by Gasteiger charge is -2.26. The highest BCUT2D eigenvalue weighted by Crippen LogP contribution is 2.35. The maximum atomic E-state index is 5.60. The van der Waals surface area contributed by atoms with E-state index in [0.717, 1.165) is 41.7 Å². The molecule has 25 heavy (non-hydrogen) atoms. The molecule has 2 aromatic carbocycles. The third-order valence-corrected chi connectivity index (χ3v) is 5.08. The highest BCUT2D eigenvalue weighted by molar-refractivity contribution is 5.45. The Morgan fingerprint density at radius 3 is 1.96 bits per heavy atom. The SMILES string of the molecule is CCCOc1ccc(C#Cc2ccc([C@H]3CC[C@H](C)CC3)cc2)cc1. The predicted octanol–water partition coefficient (Wildman–Crippen LogP) is 6.17. The van der Waals surface area contributed by atoms with Gasteiger partial charge in [-0.2, -0.15) is 0 Å². The van der Waals surface area contributed by atoms with Crippen LogP contribution in [0.3, 0.4) is 0 Å². The molecule has 1 fully saturated rings. The topological polar surface area (TPSA) is 9.23 Å². The van der Waals surface area contributed by atoms with Gasteiger partial charge in [-0.25, -0.2) is 0 Å². The zero-order chi connectivity index (χ0) is 17.5. The molecular formula is C24H28O. The van der Waals surface area contributed by atoms with Gasteiger partial charge in [0.15, 0.2) is 0 Å². The van der Waals surface area contributed by atoms with Gasteiger partial charge in [-0.15, -0.1) is 0 Å². The van der Waals surface area contributed by atoms with E-state index in [1.807, 2.05) is 24.3 Å². The van der Waals surface area contributed by atoms with Gasteiger partial charge in [-0.1, -0.05) is 50.7 Å². The third kappa shape index (κ3) is 5.13. The van der Waals surface area contributed by atoms with Gasteiger partial charge in [0.25, 0.3) is 0 Å². The van der Waals surface area contributed by atoms with Gasteiger partial charge in [-0.05, 0) is 73.1 Å². The van der Waals surface area contributed by atoms with Crippen LogP contribution in [-0.4, -0.2) is 6.61 Å². The van der Waals surface area contributed by atoms with Crippen LogP contribution in [0.5, 0.6) is 5.75 Å². The van der Waals surface area contributed by atoms with Crippen LogP contribution in [0.25, 0.3) is 0 Å². The zero-order valence-electron chi connectivity index (χ0n) is 15.4. The third-order valence-electron chi connectivity index (χ3n) is 5.08. The summed E-state index contributed by atoms with van der Waals surface area (Å²) in [6, 6.07) is 16.9. The molecule has 0 aromatic heterocycles. The Bertz CT molecular complexity index is 707. The molecule has 0 aliphatic heterocycles. The molecule has 0 unspecified atom stereocenters. The second kappa shape index (κ2) is 8.77. The van der Waals surface area contributed by atoms with Crippen molar-refractivity contribution in [1.82, 2.24) is 0 Å². The van der Waals surface area contributed by atoms with Gasteiger partial charge in [0, 0.05) is 11.1 Å². The summed E-state index contributed by atoms with van der Waals surface area (Å²) < 4.78 is 5.60. The fourth-order valence-corrected chi connectivity index (χ4v) is 3.43. The minimum absolute atomic E-state index is 0.744. The largest absolute Gasteiger partial charge is 0.494 e. The van der Waals surface area contributed by atoms with Gasteiger partial charge in [0.1, 0.15) is 5.75 Å². The van der Waals surface area contributed by atoms with Crippen molar-refractivity contribution in [3.63, 3.8) is 0 Å². The number of hydrogen-bond acceptors (Lipinski definition) is 1. The molecule has 1 heteroatoms.